The number of hydrogen-bond donors (Lipinski definition) is 1. The minimum atomic E-state index is -0.910. The van der Waals surface area contributed by atoms with Crippen molar-refractivity contribution in [2.45, 2.75) is 0 Å². The lowest BCUT2D eigenvalue weighted by molar-refractivity contribution is -0.593. The Morgan fingerprint density at radius 3 is 2.35 bits per heavy atom. The second kappa shape index (κ2) is 6.79. The van der Waals surface area contributed by atoms with E-state index in [1.54, 1.807) is 18.2 Å². The largest absolute Gasteiger partial charge is 0.618 e. The van der Waals surface area contributed by atoms with Crippen LogP contribution in [0.25, 0.3) is 22.4 Å². The molecule has 5 nitrogen and oxygen atoms in total. The van der Waals surface area contributed by atoms with Gasteiger partial charge in [0.2, 0.25) is 0 Å². The number of carbonyl (C=O) groups is 1. The highest BCUT2D eigenvalue weighted by Crippen LogP contribution is 2.39. The fourth-order valence-electron chi connectivity index (χ4n) is 2.84. The van der Waals surface area contributed by atoms with E-state index < -0.39 is 17.2 Å². The van der Waals surface area contributed by atoms with Gasteiger partial charge in [0.15, 0.2) is 12.5 Å². The lowest BCUT2D eigenvalue weighted by Crippen LogP contribution is -2.30. The number of halogens is 2. The minimum absolute atomic E-state index is 0.132. The van der Waals surface area contributed by atoms with E-state index in [0.717, 1.165) is 18.3 Å². The number of nitrogens with zero attached hydrogens (tertiary/aromatic N) is 1. The van der Waals surface area contributed by atoms with E-state index in [-0.39, 0.29) is 22.7 Å². The molecule has 0 saturated carbocycles. The zero-order valence-corrected chi connectivity index (χ0v) is 13.7. The van der Waals surface area contributed by atoms with Gasteiger partial charge in [0.05, 0.1) is 12.7 Å². The van der Waals surface area contributed by atoms with Gasteiger partial charge in [0, 0.05) is 17.2 Å². The van der Waals surface area contributed by atoms with Gasteiger partial charge < -0.3 is 15.7 Å². The number of benzene rings is 2. The summed E-state index contributed by atoms with van der Waals surface area (Å²) in [6.07, 6.45) is 1.71. The maximum Gasteiger partial charge on any atom is 0.253 e. The summed E-state index contributed by atoms with van der Waals surface area (Å²) in [5, 5.41) is 12.2. The van der Waals surface area contributed by atoms with Crippen LogP contribution >= 0.6 is 0 Å². The molecule has 0 bridgehead atoms. The summed E-state index contributed by atoms with van der Waals surface area (Å²) in [4.78, 5) is 11.2. The number of para-hydroxylation sites is 1. The van der Waals surface area contributed by atoms with Gasteiger partial charge in [-0.3, -0.25) is 4.79 Å². The molecule has 26 heavy (non-hydrogen) atoms. The van der Waals surface area contributed by atoms with E-state index in [0.29, 0.717) is 22.1 Å². The molecule has 0 spiro atoms. The number of aromatic nitrogens is 1. The highest BCUT2D eigenvalue weighted by Gasteiger charge is 2.26. The molecule has 3 aromatic rings. The Morgan fingerprint density at radius 1 is 1.08 bits per heavy atom. The van der Waals surface area contributed by atoms with Gasteiger partial charge >= 0.3 is 0 Å². The van der Waals surface area contributed by atoms with Crippen molar-refractivity contribution in [1.29, 1.82) is 0 Å². The van der Waals surface area contributed by atoms with E-state index in [2.05, 4.69) is 0 Å². The Kier molecular flexibility index (Phi) is 4.53. The number of pyridine rings is 1. The molecule has 0 atom stereocenters. The average molecular weight is 356 g/mol. The van der Waals surface area contributed by atoms with Crippen LogP contribution in [0.15, 0.2) is 48.7 Å². The summed E-state index contributed by atoms with van der Waals surface area (Å²) in [6, 6.07) is 9.48. The maximum atomic E-state index is 14.2. The van der Waals surface area contributed by atoms with E-state index in [1.807, 2.05) is 0 Å². The normalized spacial score (nSPS) is 10.6. The molecule has 0 aliphatic heterocycles. The van der Waals surface area contributed by atoms with Crippen molar-refractivity contribution in [3.05, 3.63) is 71.1 Å². The molecule has 132 valence electrons. The van der Waals surface area contributed by atoms with Crippen LogP contribution < -0.4 is 15.2 Å². The quantitative estimate of drug-likeness (QED) is 0.442. The number of methoxy groups -OCH3 is 1. The van der Waals surface area contributed by atoms with Gasteiger partial charge in [0.25, 0.3) is 5.69 Å². The third-order valence-corrected chi connectivity index (χ3v) is 4.01. The second-order valence-electron chi connectivity index (χ2n) is 5.46. The van der Waals surface area contributed by atoms with Crippen LogP contribution in [-0.2, 0) is 0 Å². The van der Waals surface area contributed by atoms with Crippen LogP contribution in [-0.4, -0.2) is 13.4 Å². The van der Waals surface area contributed by atoms with Crippen molar-refractivity contribution >= 4 is 12.0 Å². The van der Waals surface area contributed by atoms with E-state index in [1.165, 1.54) is 19.2 Å². The summed E-state index contributed by atoms with van der Waals surface area (Å²) in [6.45, 7) is 0. The topological polar surface area (TPSA) is 79.3 Å². The molecule has 7 heteroatoms. The molecular weight excluding hydrogens is 342 g/mol. The highest BCUT2D eigenvalue weighted by molar-refractivity contribution is 5.92. The lowest BCUT2D eigenvalue weighted by Gasteiger charge is -2.15. The predicted octanol–water partition coefficient (Wildman–Crippen LogP) is 3.34. The summed E-state index contributed by atoms with van der Waals surface area (Å²) in [7, 11) is 1.39. The van der Waals surface area contributed by atoms with Gasteiger partial charge in [-0.2, -0.15) is 4.73 Å². The monoisotopic (exact) mass is 356 g/mol. The van der Waals surface area contributed by atoms with Crippen LogP contribution in [0, 0.1) is 16.8 Å². The molecule has 0 aliphatic carbocycles. The van der Waals surface area contributed by atoms with Crippen LogP contribution in [0.3, 0.4) is 0 Å². The number of nitrogen functional groups attached to an aromatic ring is 1. The summed E-state index contributed by atoms with van der Waals surface area (Å²) >= 11 is 0. The van der Waals surface area contributed by atoms with Gasteiger partial charge in [-0.05, 0) is 18.2 Å². The Labute approximate surface area is 147 Å². The zero-order chi connectivity index (χ0) is 18.8. The minimum Gasteiger partial charge on any atom is -0.618 e. The van der Waals surface area contributed by atoms with Crippen LogP contribution in [0.2, 0.25) is 0 Å². The SMILES string of the molecule is COc1c(C=O)cccc1-c1cc[n+]([O-])c(-c2c(F)cccc2F)c1N. The van der Waals surface area contributed by atoms with E-state index in [4.69, 9.17) is 10.5 Å². The number of rotatable bonds is 4. The first-order valence-corrected chi connectivity index (χ1v) is 7.58. The van der Waals surface area contributed by atoms with Gasteiger partial charge in [-0.1, -0.05) is 18.2 Å². The van der Waals surface area contributed by atoms with Gasteiger partial charge in [-0.15, -0.1) is 0 Å². The number of aldehydes is 1. The molecule has 2 aromatic carbocycles. The molecule has 0 unspecified atom stereocenters. The first kappa shape index (κ1) is 17.3. The Hall–Kier alpha value is -3.48. The Bertz CT molecular complexity index is 986. The summed E-state index contributed by atoms with van der Waals surface area (Å²) < 4.78 is 33.9. The molecule has 0 radical (unpaired) electrons. The maximum absolute atomic E-state index is 14.2. The Balaban J connectivity index is 2.33. The number of nitrogens with two attached hydrogens (primary N) is 1. The van der Waals surface area contributed by atoms with Crippen molar-refractivity contribution in [3.63, 3.8) is 0 Å². The van der Waals surface area contributed by atoms with Crippen molar-refractivity contribution in [3.8, 4) is 28.1 Å². The molecular formula is C19H14F2N2O3. The zero-order valence-electron chi connectivity index (χ0n) is 13.7. The first-order chi connectivity index (χ1) is 12.5. The predicted molar refractivity (Wildman–Crippen MR) is 92.5 cm³/mol. The average Bonchev–Trinajstić information content (AvgIpc) is 2.63. The number of ether oxygens (including phenoxy) is 1. The van der Waals surface area contributed by atoms with Crippen molar-refractivity contribution in [2.75, 3.05) is 12.8 Å². The molecule has 3 rings (SSSR count). The highest BCUT2D eigenvalue weighted by atomic mass is 19.1. The molecule has 0 fully saturated rings. The molecule has 1 aromatic heterocycles. The Morgan fingerprint density at radius 2 is 1.73 bits per heavy atom. The standard InChI is InChI=1S/C19H14F2N2O3/c1-26-19-11(10-24)4-2-5-13(19)12-8-9-23(25)18(17(12)22)16-14(20)6-3-7-15(16)21/h2-10H,22H2,1H3. The lowest BCUT2D eigenvalue weighted by atomic mass is 9.98. The molecule has 2 N–H and O–H groups in total. The van der Waals surface area contributed by atoms with E-state index >= 15 is 0 Å². The first-order valence-electron chi connectivity index (χ1n) is 7.58. The van der Waals surface area contributed by atoms with Crippen molar-refractivity contribution in [1.82, 2.24) is 0 Å². The molecule has 0 aliphatic rings. The third kappa shape index (κ3) is 2.73. The number of carbonyl (C=O) groups excluding carboxylic acids is 1. The smallest absolute Gasteiger partial charge is 0.253 e. The number of hydrogen-bond acceptors (Lipinski definition) is 4. The third-order valence-electron chi connectivity index (χ3n) is 4.01. The van der Waals surface area contributed by atoms with Crippen LogP contribution in [0.5, 0.6) is 5.75 Å². The van der Waals surface area contributed by atoms with E-state index in [9.17, 15) is 18.8 Å². The number of anilines is 1. The molecule has 1 heterocycles. The van der Waals surface area contributed by atoms with Gasteiger partial charge in [0.1, 0.15) is 28.6 Å². The van der Waals surface area contributed by atoms with Crippen molar-refractivity contribution < 1.29 is 23.0 Å². The second-order valence-corrected chi connectivity index (χ2v) is 5.46. The van der Waals surface area contributed by atoms with Crippen LogP contribution in [0.1, 0.15) is 10.4 Å². The van der Waals surface area contributed by atoms with Gasteiger partial charge in [-0.25, -0.2) is 8.78 Å². The van der Waals surface area contributed by atoms with Crippen LogP contribution in [0.4, 0.5) is 14.5 Å². The molecule has 0 amide bonds. The van der Waals surface area contributed by atoms with Crippen molar-refractivity contribution in [2.24, 2.45) is 0 Å². The summed E-state index contributed by atoms with van der Waals surface area (Å²) in [5.41, 5.74) is 6.12. The molecule has 0 saturated heterocycles. The summed E-state index contributed by atoms with van der Waals surface area (Å²) in [5.74, 6) is -1.57. The fourth-order valence-corrected chi connectivity index (χ4v) is 2.84. The fraction of sp³-hybridized carbons (Fsp3) is 0.0526.